The Morgan fingerprint density at radius 3 is 2.13 bits per heavy atom. The van der Waals surface area contributed by atoms with E-state index in [0.717, 1.165) is 0 Å². The van der Waals surface area contributed by atoms with Crippen molar-refractivity contribution in [1.29, 1.82) is 0 Å². The average molecular weight is 486 g/mol. The molecule has 0 bridgehead atoms. The Bertz CT molecular complexity index is 2040. The minimum atomic E-state index is -0.0564. The molecule has 8 rings (SSSR count). The number of fused-ring (bicyclic) bond motifs is 6. The summed E-state index contributed by atoms with van der Waals surface area (Å²) >= 11 is 0. The van der Waals surface area contributed by atoms with E-state index in [1.807, 2.05) is 0 Å². The van der Waals surface area contributed by atoms with Gasteiger partial charge in [-0.1, -0.05) is 117 Å². The van der Waals surface area contributed by atoms with Gasteiger partial charge in [0.25, 0.3) is 0 Å². The van der Waals surface area contributed by atoms with Gasteiger partial charge < -0.3 is 4.57 Å². The fourth-order valence-corrected chi connectivity index (χ4v) is 6.82. The van der Waals surface area contributed by atoms with Gasteiger partial charge in [-0.3, -0.25) is 0 Å². The summed E-state index contributed by atoms with van der Waals surface area (Å²) in [6.45, 7) is 4.73. The van der Waals surface area contributed by atoms with E-state index >= 15 is 0 Å². The normalized spacial score (nSPS) is 13.7. The van der Waals surface area contributed by atoms with Crippen LogP contribution in [-0.4, -0.2) is 4.57 Å². The summed E-state index contributed by atoms with van der Waals surface area (Å²) < 4.78 is 2.46. The lowest BCUT2D eigenvalue weighted by Crippen LogP contribution is -2.23. The summed E-state index contributed by atoms with van der Waals surface area (Å²) in [6.07, 6.45) is 0. The molecule has 180 valence electrons. The molecule has 0 spiro atoms. The Balaban J connectivity index is 1.55. The highest BCUT2D eigenvalue weighted by atomic mass is 15.0. The summed E-state index contributed by atoms with van der Waals surface area (Å²) in [5.41, 5.74) is 11.6. The molecule has 1 heteroatoms. The number of hydrogen-bond acceptors (Lipinski definition) is 0. The first-order valence-corrected chi connectivity index (χ1v) is 13.4. The first-order valence-electron chi connectivity index (χ1n) is 13.4. The summed E-state index contributed by atoms with van der Waals surface area (Å²) in [6, 6.07) is 46.8. The second-order valence-electron chi connectivity index (χ2n) is 11.0. The van der Waals surface area contributed by atoms with Crippen LogP contribution in [0.3, 0.4) is 0 Å². The number of rotatable bonds is 2. The maximum atomic E-state index is 2.46. The molecule has 7 aromatic rings. The van der Waals surface area contributed by atoms with Gasteiger partial charge in [0.1, 0.15) is 0 Å². The Hall–Kier alpha value is -4.62. The topological polar surface area (TPSA) is 4.93 Å². The lowest BCUT2D eigenvalue weighted by molar-refractivity contribution is 0.645. The SMILES string of the molecule is CC1(C)c2ccccc2-c2c3c1cccc3cc1c2c2ccccc2n1-c1cccc(-c2ccccc2)c1. The van der Waals surface area contributed by atoms with E-state index in [9.17, 15) is 0 Å². The minimum absolute atomic E-state index is 0.0564. The number of para-hydroxylation sites is 1. The van der Waals surface area contributed by atoms with E-state index in [2.05, 4.69) is 146 Å². The highest BCUT2D eigenvalue weighted by Crippen LogP contribution is 2.52. The lowest BCUT2D eigenvalue weighted by Gasteiger charge is -2.35. The van der Waals surface area contributed by atoms with Gasteiger partial charge in [0.05, 0.1) is 11.0 Å². The molecule has 1 aliphatic carbocycles. The second-order valence-corrected chi connectivity index (χ2v) is 11.0. The molecule has 1 aliphatic rings. The van der Waals surface area contributed by atoms with Crippen molar-refractivity contribution >= 4 is 32.6 Å². The first kappa shape index (κ1) is 21.5. The van der Waals surface area contributed by atoms with Gasteiger partial charge in [-0.2, -0.15) is 0 Å². The molecule has 0 unspecified atom stereocenters. The molecule has 0 saturated carbocycles. The van der Waals surface area contributed by atoms with Crippen molar-refractivity contribution in [2.45, 2.75) is 19.3 Å². The molecule has 6 aromatic carbocycles. The van der Waals surface area contributed by atoms with Gasteiger partial charge in [-0.05, 0) is 62.9 Å². The van der Waals surface area contributed by atoms with Gasteiger partial charge in [0, 0.05) is 27.4 Å². The van der Waals surface area contributed by atoms with Gasteiger partial charge in [-0.15, -0.1) is 0 Å². The van der Waals surface area contributed by atoms with Gasteiger partial charge >= 0.3 is 0 Å². The van der Waals surface area contributed by atoms with Crippen molar-refractivity contribution in [3.05, 3.63) is 139 Å². The quantitative estimate of drug-likeness (QED) is 0.230. The third-order valence-corrected chi connectivity index (χ3v) is 8.55. The standard InChI is InChI=1S/C37H27N/c1-37(2)30-19-8-6-17-28(30)36-34-26(15-11-20-31(34)37)23-33-35(36)29-18-7-9-21-32(29)38(33)27-16-10-14-25(22-27)24-12-4-3-5-13-24/h3-23H,1-2H3. The largest absolute Gasteiger partial charge is 0.309 e. The Labute approximate surface area is 222 Å². The molecule has 1 heterocycles. The Morgan fingerprint density at radius 1 is 0.526 bits per heavy atom. The van der Waals surface area contributed by atoms with Gasteiger partial charge in [-0.25, -0.2) is 0 Å². The fraction of sp³-hybridized carbons (Fsp3) is 0.0811. The van der Waals surface area contributed by atoms with E-state index in [0.29, 0.717) is 0 Å². The zero-order valence-electron chi connectivity index (χ0n) is 21.6. The molecule has 1 aromatic heterocycles. The van der Waals surface area contributed by atoms with Crippen LogP contribution in [0.25, 0.3) is 60.5 Å². The van der Waals surface area contributed by atoms with Crippen molar-refractivity contribution in [2.24, 2.45) is 0 Å². The monoisotopic (exact) mass is 485 g/mol. The molecular weight excluding hydrogens is 458 g/mol. The molecule has 0 radical (unpaired) electrons. The van der Waals surface area contributed by atoms with Crippen LogP contribution < -0.4 is 0 Å². The fourth-order valence-electron chi connectivity index (χ4n) is 6.82. The lowest BCUT2D eigenvalue weighted by atomic mass is 9.68. The van der Waals surface area contributed by atoms with Crippen LogP contribution in [0.5, 0.6) is 0 Å². The number of aromatic nitrogens is 1. The van der Waals surface area contributed by atoms with Crippen molar-refractivity contribution in [2.75, 3.05) is 0 Å². The molecule has 0 saturated heterocycles. The minimum Gasteiger partial charge on any atom is -0.309 e. The summed E-state index contributed by atoms with van der Waals surface area (Å²) in [7, 11) is 0. The molecular formula is C37H27N. The summed E-state index contributed by atoms with van der Waals surface area (Å²) in [4.78, 5) is 0. The van der Waals surface area contributed by atoms with Crippen molar-refractivity contribution in [3.8, 4) is 27.9 Å². The highest BCUT2D eigenvalue weighted by Gasteiger charge is 2.35. The predicted molar refractivity (Wildman–Crippen MR) is 161 cm³/mol. The molecule has 0 aliphatic heterocycles. The third kappa shape index (κ3) is 2.82. The zero-order chi connectivity index (χ0) is 25.4. The Morgan fingerprint density at radius 2 is 1.24 bits per heavy atom. The number of nitrogens with zero attached hydrogens (tertiary/aromatic N) is 1. The summed E-state index contributed by atoms with van der Waals surface area (Å²) in [5.74, 6) is 0. The Kier molecular flexibility index (Phi) is 4.35. The zero-order valence-corrected chi connectivity index (χ0v) is 21.6. The third-order valence-electron chi connectivity index (χ3n) is 8.55. The van der Waals surface area contributed by atoms with Crippen LogP contribution in [0.15, 0.2) is 127 Å². The van der Waals surface area contributed by atoms with Crippen LogP contribution in [0.1, 0.15) is 25.0 Å². The maximum Gasteiger partial charge on any atom is 0.0553 e. The van der Waals surface area contributed by atoms with Crippen molar-refractivity contribution in [3.63, 3.8) is 0 Å². The van der Waals surface area contributed by atoms with Gasteiger partial charge in [0.2, 0.25) is 0 Å². The predicted octanol–water partition coefficient (Wildman–Crippen LogP) is 9.91. The molecule has 0 N–H and O–H groups in total. The molecule has 0 amide bonds. The average Bonchev–Trinajstić information content (AvgIpc) is 3.29. The van der Waals surface area contributed by atoms with E-state index in [1.165, 1.54) is 71.6 Å². The van der Waals surface area contributed by atoms with Crippen LogP contribution in [0, 0.1) is 0 Å². The highest BCUT2D eigenvalue weighted by molar-refractivity contribution is 6.24. The first-order chi connectivity index (χ1) is 18.6. The van der Waals surface area contributed by atoms with Crippen molar-refractivity contribution in [1.82, 2.24) is 4.57 Å². The molecule has 38 heavy (non-hydrogen) atoms. The molecule has 0 fully saturated rings. The van der Waals surface area contributed by atoms with Crippen LogP contribution in [0.2, 0.25) is 0 Å². The van der Waals surface area contributed by atoms with Gasteiger partial charge in [0.15, 0.2) is 0 Å². The number of benzene rings is 6. The smallest absolute Gasteiger partial charge is 0.0553 e. The van der Waals surface area contributed by atoms with Crippen LogP contribution >= 0.6 is 0 Å². The van der Waals surface area contributed by atoms with E-state index in [-0.39, 0.29) is 5.41 Å². The second kappa shape index (κ2) is 7.69. The van der Waals surface area contributed by atoms with Crippen molar-refractivity contribution < 1.29 is 0 Å². The van der Waals surface area contributed by atoms with E-state index in [4.69, 9.17) is 0 Å². The van der Waals surface area contributed by atoms with E-state index in [1.54, 1.807) is 0 Å². The van der Waals surface area contributed by atoms with Crippen LogP contribution in [-0.2, 0) is 5.41 Å². The van der Waals surface area contributed by atoms with Crippen LogP contribution in [0.4, 0.5) is 0 Å². The number of hydrogen-bond donors (Lipinski definition) is 0. The maximum absolute atomic E-state index is 2.46. The molecule has 0 atom stereocenters. The van der Waals surface area contributed by atoms with E-state index < -0.39 is 0 Å². The summed E-state index contributed by atoms with van der Waals surface area (Å²) in [5, 5.41) is 5.34. The molecule has 1 nitrogen and oxygen atoms in total.